The Hall–Kier alpha value is -3.26. The number of hydrogen-bond acceptors (Lipinski definition) is 6. The zero-order valence-corrected chi connectivity index (χ0v) is 21.7. The molecule has 4 rings (SSSR count). The summed E-state index contributed by atoms with van der Waals surface area (Å²) in [7, 11) is 5.39. The highest BCUT2D eigenvalue weighted by Crippen LogP contribution is 2.32. The lowest BCUT2D eigenvalue weighted by Crippen LogP contribution is -2.40. The van der Waals surface area contributed by atoms with E-state index < -0.39 is 0 Å². The van der Waals surface area contributed by atoms with Gasteiger partial charge in [0.25, 0.3) is 5.56 Å². The van der Waals surface area contributed by atoms with Gasteiger partial charge in [-0.1, -0.05) is 11.6 Å². The Balaban J connectivity index is 1.58. The van der Waals surface area contributed by atoms with Gasteiger partial charge in [0.2, 0.25) is 5.91 Å². The first-order valence-electron chi connectivity index (χ1n) is 11.9. The number of anilines is 4. The summed E-state index contributed by atoms with van der Waals surface area (Å²) in [6, 6.07) is 9.68. The number of fused-ring (bicyclic) bond motifs is 1. The molecule has 2 aromatic heterocycles. The molecule has 1 aromatic carbocycles. The molecule has 2 N–H and O–H groups in total. The molecule has 3 aromatic rings. The van der Waals surface area contributed by atoms with Crippen molar-refractivity contribution in [3.8, 4) is 0 Å². The number of aromatic nitrogens is 2. The van der Waals surface area contributed by atoms with Gasteiger partial charge >= 0.3 is 0 Å². The summed E-state index contributed by atoms with van der Waals surface area (Å²) in [5, 5.41) is 8.27. The number of amides is 1. The number of benzene rings is 1. The van der Waals surface area contributed by atoms with Crippen LogP contribution >= 0.6 is 11.6 Å². The zero-order valence-electron chi connectivity index (χ0n) is 20.9. The van der Waals surface area contributed by atoms with Crippen molar-refractivity contribution in [3.63, 3.8) is 0 Å². The van der Waals surface area contributed by atoms with E-state index in [0.29, 0.717) is 5.02 Å². The predicted octanol–water partition coefficient (Wildman–Crippen LogP) is 4.46. The van der Waals surface area contributed by atoms with Gasteiger partial charge < -0.3 is 25.0 Å². The lowest BCUT2D eigenvalue weighted by Gasteiger charge is -2.33. The van der Waals surface area contributed by atoms with Crippen LogP contribution in [0.1, 0.15) is 26.7 Å². The van der Waals surface area contributed by atoms with Crippen molar-refractivity contribution < 1.29 is 4.79 Å². The Morgan fingerprint density at radius 2 is 1.86 bits per heavy atom. The van der Waals surface area contributed by atoms with Crippen molar-refractivity contribution in [3.05, 3.63) is 51.9 Å². The maximum Gasteiger partial charge on any atom is 0.252 e. The molecule has 0 spiro atoms. The number of carbonyl (C=O) groups excluding carboxylic acids is 1. The second-order valence-corrected chi connectivity index (χ2v) is 10.0. The molecular weight excluding hydrogens is 464 g/mol. The van der Waals surface area contributed by atoms with E-state index in [2.05, 4.69) is 20.5 Å². The molecule has 0 aliphatic carbocycles. The Bertz CT molecular complexity index is 1290. The first-order valence-corrected chi connectivity index (χ1v) is 12.3. The van der Waals surface area contributed by atoms with Gasteiger partial charge in [-0.3, -0.25) is 9.59 Å². The van der Waals surface area contributed by atoms with E-state index in [4.69, 9.17) is 11.6 Å². The number of halogens is 1. The Kier molecular flexibility index (Phi) is 7.21. The van der Waals surface area contributed by atoms with Crippen LogP contribution in [0.4, 0.5) is 22.9 Å². The molecule has 0 unspecified atom stereocenters. The summed E-state index contributed by atoms with van der Waals surface area (Å²) in [4.78, 5) is 33.1. The van der Waals surface area contributed by atoms with Crippen molar-refractivity contribution in [2.75, 3.05) is 42.7 Å². The van der Waals surface area contributed by atoms with E-state index in [1.54, 1.807) is 28.8 Å². The second-order valence-electron chi connectivity index (χ2n) is 9.63. The van der Waals surface area contributed by atoms with Crippen molar-refractivity contribution in [1.29, 1.82) is 0 Å². The standard InChI is InChI=1S/C26H33ClN6O2/c1-16(2)29-21-14-25(34)32(5)23-7-6-18(12-19(21)23)30-22-13-24(28-15-20(22)27)33-10-8-17(9-11-33)26(35)31(3)4/h6-7,12-17,29H,8-11H2,1-5H3,(H,28,30). The van der Waals surface area contributed by atoms with Crippen molar-refractivity contribution in [2.45, 2.75) is 32.7 Å². The first-order chi connectivity index (χ1) is 16.6. The molecule has 1 aliphatic heterocycles. The third kappa shape index (κ3) is 5.37. The number of aryl methyl sites for hydroxylation is 1. The average molecular weight is 497 g/mol. The summed E-state index contributed by atoms with van der Waals surface area (Å²) in [5.41, 5.74) is 3.21. The average Bonchev–Trinajstić information content (AvgIpc) is 2.83. The largest absolute Gasteiger partial charge is 0.382 e. The van der Waals surface area contributed by atoms with Crippen LogP contribution in [0.15, 0.2) is 41.3 Å². The summed E-state index contributed by atoms with van der Waals surface area (Å²) in [5.74, 6) is 1.09. The summed E-state index contributed by atoms with van der Waals surface area (Å²) in [6.07, 6.45) is 3.27. The zero-order chi connectivity index (χ0) is 25.3. The molecular formula is C26H33ClN6O2. The lowest BCUT2D eigenvalue weighted by molar-refractivity contribution is -0.133. The van der Waals surface area contributed by atoms with Crippen LogP contribution in [0.25, 0.3) is 10.9 Å². The van der Waals surface area contributed by atoms with Crippen LogP contribution in [0.3, 0.4) is 0 Å². The number of pyridine rings is 2. The van der Waals surface area contributed by atoms with Gasteiger partial charge in [0.05, 0.1) is 22.4 Å². The Morgan fingerprint density at radius 3 is 2.51 bits per heavy atom. The maximum atomic E-state index is 12.4. The molecule has 9 heteroatoms. The second kappa shape index (κ2) is 10.2. The lowest BCUT2D eigenvalue weighted by atomic mass is 9.95. The fourth-order valence-corrected chi connectivity index (χ4v) is 4.69. The SMILES string of the molecule is CC(C)Nc1cc(=O)n(C)c2ccc(Nc3cc(N4CCC(C(=O)N(C)C)CC4)ncc3Cl)cc12. The van der Waals surface area contributed by atoms with Crippen LogP contribution in [-0.4, -0.2) is 53.6 Å². The van der Waals surface area contributed by atoms with Crippen molar-refractivity contribution >= 4 is 51.3 Å². The van der Waals surface area contributed by atoms with Gasteiger partial charge in [-0.25, -0.2) is 4.98 Å². The van der Waals surface area contributed by atoms with Gasteiger partial charge in [0.15, 0.2) is 0 Å². The topological polar surface area (TPSA) is 82.5 Å². The molecule has 0 saturated carbocycles. The predicted molar refractivity (Wildman–Crippen MR) is 144 cm³/mol. The quantitative estimate of drug-likeness (QED) is 0.524. The molecule has 1 saturated heterocycles. The van der Waals surface area contributed by atoms with Crippen LogP contribution < -0.4 is 21.1 Å². The minimum Gasteiger partial charge on any atom is -0.382 e. The number of nitrogens with zero attached hydrogens (tertiary/aromatic N) is 4. The van der Waals surface area contributed by atoms with Crippen LogP contribution in [0, 0.1) is 5.92 Å². The molecule has 8 nitrogen and oxygen atoms in total. The minimum atomic E-state index is -0.0563. The van der Waals surface area contributed by atoms with Crippen LogP contribution in [-0.2, 0) is 11.8 Å². The molecule has 1 fully saturated rings. The monoisotopic (exact) mass is 496 g/mol. The van der Waals surface area contributed by atoms with Gasteiger partial charge in [0, 0.05) is 75.1 Å². The minimum absolute atomic E-state index is 0.0563. The van der Waals surface area contributed by atoms with Crippen LogP contribution in [0.2, 0.25) is 5.02 Å². The molecule has 0 bridgehead atoms. The fourth-order valence-electron chi connectivity index (χ4n) is 4.54. The fraction of sp³-hybridized carbons (Fsp3) is 0.423. The third-order valence-corrected chi connectivity index (χ3v) is 6.72. The van der Waals surface area contributed by atoms with Gasteiger partial charge in [-0.2, -0.15) is 0 Å². The first kappa shape index (κ1) is 24.9. The van der Waals surface area contributed by atoms with E-state index in [0.717, 1.165) is 59.7 Å². The van der Waals surface area contributed by atoms with E-state index >= 15 is 0 Å². The normalized spacial score (nSPS) is 14.4. The Labute approximate surface area is 210 Å². The number of nitrogens with one attached hydrogen (secondary N) is 2. The highest BCUT2D eigenvalue weighted by atomic mass is 35.5. The van der Waals surface area contributed by atoms with Gasteiger partial charge in [-0.15, -0.1) is 0 Å². The van der Waals surface area contributed by atoms with Gasteiger partial charge in [0.1, 0.15) is 5.82 Å². The van der Waals surface area contributed by atoms with E-state index in [9.17, 15) is 9.59 Å². The van der Waals surface area contributed by atoms with Crippen LogP contribution in [0.5, 0.6) is 0 Å². The summed E-state index contributed by atoms with van der Waals surface area (Å²) >= 11 is 6.50. The molecule has 0 atom stereocenters. The summed E-state index contributed by atoms with van der Waals surface area (Å²) < 4.78 is 1.65. The van der Waals surface area contributed by atoms with Crippen molar-refractivity contribution in [1.82, 2.24) is 14.5 Å². The van der Waals surface area contributed by atoms with Gasteiger partial charge in [-0.05, 0) is 44.9 Å². The highest BCUT2D eigenvalue weighted by Gasteiger charge is 2.26. The maximum absolute atomic E-state index is 12.4. The summed E-state index contributed by atoms with van der Waals surface area (Å²) in [6.45, 7) is 5.63. The molecule has 0 radical (unpaired) electrons. The number of carbonyl (C=O) groups is 1. The van der Waals surface area contributed by atoms with E-state index in [1.807, 2.05) is 52.2 Å². The van der Waals surface area contributed by atoms with Crippen molar-refractivity contribution in [2.24, 2.45) is 13.0 Å². The number of piperidine rings is 1. The molecule has 186 valence electrons. The third-order valence-electron chi connectivity index (χ3n) is 6.42. The Morgan fingerprint density at radius 1 is 1.14 bits per heavy atom. The molecule has 3 heterocycles. The molecule has 1 aliphatic rings. The molecule has 1 amide bonds. The highest BCUT2D eigenvalue weighted by molar-refractivity contribution is 6.33. The van der Waals surface area contributed by atoms with E-state index in [1.165, 1.54) is 0 Å². The number of rotatable bonds is 6. The van der Waals surface area contributed by atoms with E-state index in [-0.39, 0.29) is 23.4 Å². The number of hydrogen-bond donors (Lipinski definition) is 2. The smallest absolute Gasteiger partial charge is 0.252 e. The molecule has 35 heavy (non-hydrogen) atoms.